The van der Waals surface area contributed by atoms with E-state index in [2.05, 4.69) is 0 Å². The van der Waals surface area contributed by atoms with Gasteiger partial charge in [0.25, 0.3) is 0 Å². The van der Waals surface area contributed by atoms with Crippen LogP contribution in [0, 0.1) is 39.0 Å². The summed E-state index contributed by atoms with van der Waals surface area (Å²) in [6.07, 6.45) is 0.193. The number of sulfonamides is 1. The van der Waals surface area contributed by atoms with Gasteiger partial charge in [-0.25, -0.2) is 8.42 Å². The van der Waals surface area contributed by atoms with Crippen LogP contribution in [-0.2, 0) is 10.0 Å². The second kappa shape index (κ2) is 5.72. The van der Waals surface area contributed by atoms with Gasteiger partial charge in [-0.15, -0.1) is 0 Å². The number of benzene rings is 1. The van der Waals surface area contributed by atoms with E-state index in [4.69, 9.17) is 5.26 Å². The molecule has 0 atom stereocenters. The van der Waals surface area contributed by atoms with E-state index in [0.29, 0.717) is 4.90 Å². The van der Waals surface area contributed by atoms with Crippen molar-refractivity contribution in [3.05, 3.63) is 28.3 Å². The van der Waals surface area contributed by atoms with Crippen molar-refractivity contribution in [2.75, 3.05) is 13.6 Å². The van der Waals surface area contributed by atoms with Gasteiger partial charge in [0.15, 0.2) is 0 Å². The zero-order valence-electron chi connectivity index (χ0n) is 12.1. The SMILES string of the molecule is Cc1cc(C)c(C)c(S(=O)(=O)N(C)CCC#N)c1C. The summed E-state index contributed by atoms with van der Waals surface area (Å²) >= 11 is 0. The van der Waals surface area contributed by atoms with E-state index in [1.165, 1.54) is 11.4 Å². The minimum Gasteiger partial charge on any atom is -0.207 e. The van der Waals surface area contributed by atoms with Crippen LogP contribution in [0.3, 0.4) is 0 Å². The smallest absolute Gasteiger partial charge is 0.207 e. The third-order valence-electron chi connectivity index (χ3n) is 3.50. The number of hydrogen-bond acceptors (Lipinski definition) is 3. The molecule has 0 spiro atoms. The zero-order chi connectivity index (χ0) is 14.8. The Balaban J connectivity index is 3.42. The fourth-order valence-corrected chi connectivity index (χ4v) is 3.79. The first-order chi connectivity index (χ1) is 8.73. The maximum atomic E-state index is 12.6. The van der Waals surface area contributed by atoms with Crippen LogP contribution >= 0.6 is 0 Å². The number of nitrogens with zero attached hydrogens (tertiary/aromatic N) is 2. The molecule has 5 heteroatoms. The lowest BCUT2D eigenvalue weighted by Crippen LogP contribution is -2.29. The minimum absolute atomic E-state index is 0.193. The van der Waals surface area contributed by atoms with Crippen molar-refractivity contribution in [2.45, 2.75) is 39.0 Å². The molecular weight excluding hydrogens is 260 g/mol. The third kappa shape index (κ3) is 2.96. The summed E-state index contributed by atoms with van der Waals surface area (Å²) in [5.41, 5.74) is 3.50. The minimum atomic E-state index is -3.54. The topological polar surface area (TPSA) is 61.2 Å². The summed E-state index contributed by atoms with van der Waals surface area (Å²) in [6.45, 7) is 7.69. The highest BCUT2D eigenvalue weighted by atomic mass is 32.2. The highest BCUT2D eigenvalue weighted by molar-refractivity contribution is 7.89. The molecule has 0 unspecified atom stereocenters. The van der Waals surface area contributed by atoms with Crippen molar-refractivity contribution >= 4 is 10.0 Å². The quantitative estimate of drug-likeness (QED) is 0.851. The lowest BCUT2D eigenvalue weighted by atomic mass is 10.0. The van der Waals surface area contributed by atoms with E-state index < -0.39 is 10.0 Å². The number of nitriles is 1. The molecule has 0 aliphatic carbocycles. The summed E-state index contributed by atoms with van der Waals surface area (Å²) in [7, 11) is -2.02. The van der Waals surface area contributed by atoms with Gasteiger partial charge in [-0.3, -0.25) is 0 Å². The molecular formula is C14H20N2O2S. The van der Waals surface area contributed by atoms with Crippen molar-refractivity contribution in [1.29, 1.82) is 5.26 Å². The molecule has 104 valence electrons. The number of aryl methyl sites for hydroxylation is 2. The monoisotopic (exact) mass is 280 g/mol. The molecule has 1 rings (SSSR count). The van der Waals surface area contributed by atoms with Gasteiger partial charge in [0, 0.05) is 20.0 Å². The first-order valence-electron chi connectivity index (χ1n) is 6.14. The molecule has 0 N–H and O–H groups in total. The molecule has 0 bridgehead atoms. The van der Waals surface area contributed by atoms with E-state index in [0.717, 1.165) is 22.3 Å². The summed E-state index contributed by atoms with van der Waals surface area (Å²) in [5, 5.41) is 8.58. The number of rotatable bonds is 4. The molecule has 19 heavy (non-hydrogen) atoms. The molecule has 0 fully saturated rings. The highest BCUT2D eigenvalue weighted by Crippen LogP contribution is 2.28. The fraction of sp³-hybridized carbons (Fsp3) is 0.500. The molecule has 0 saturated heterocycles. The summed E-state index contributed by atoms with van der Waals surface area (Å²) in [6, 6.07) is 3.97. The van der Waals surface area contributed by atoms with Crippen LogP contribution in [-0.4, -0.2) is 26.3 Å². The van der Waals surface area contributed by atoms with Crippen LogP contribution in [0.4, 0.5) is 0 Å². The Bertz CT molecular complexity index is 602. The molecule has 0 amide bonds. The van der Waals surface area contributed by atoms with Gasteiger partial charge in [0.1, 0.15) is 0 Å². The van der Waals surface area contributed by atoms with E-state index in [9.17, 15) is 8.42 Å². The summed E-state index contributed by atoms with van der Waals surface area (Å²) < 4.78 is 26.5. The molecule has 0 aromatic heterocycles. The van der Waals surface area contributed by atoms with Crippen molar-refractivity contribution in [3.8, 4) is 6.07 Å². The Morgan fingerprint density at radius 2 is 1.63 bits per heavy atom. The van der Waals surface area contributed by atoms with Gasteiger partial charge in [0.2, 0.25) is 10.0 Å². The largest absolute Gasteiger partial charge is 0.243 e. The standard InChI is InChI=1S/C14H20N2O2S/c1-10-9-11(2)13(4)14(12(10)3)19(17,18)16(5)8-6-7-15/h9H,6,8H2,1-5H3. The van der Waals surface area contributed by atoms with E-state index in [-0.39, 0.29) is 13.0 Å². The van der Waals surface area contributed by atoms with Crippen LogP contribution in [0.1, 0.15) is 28.7 Å². The normalized spacial score (nSPS) is 11.6. The molecule has 0 heterocycles. The van der Waals surface area contributed by atoms with Crippen molar-refractivity contribution < 1.29 is 8.42 Å². The summed E-state index contributed by atoms with van der Waals surface area (Å²) in [4.78, 5) is 0.380. The van der Waals surface area contributed by atoms with Gasteiger partial charge in [-0.05, 0) is 49.9 Å². The Labute approximate surface area is 115 Å². The fourth-order valence-electron chi connectivity index (χ4n) is 2.05. The Kier molecular flexibility index (Phi) is 4.72. The molecule has 0 saturated carbocycles. The van der Waals surface area contributed by atoms with Crippen molar-refractivity contribution in [1.82, 2.24) is 4.31 Å². The van der Waals surface area contributed by atoms with Crippen molar-refractivity contribution in [3.63, 3.8) is 0 Å². The van der Waals surface area contributed by atoms with Crippen LogP contribution < -0.4 is 0 Å². The molecule has 0 aliphatic rings. The average molecular weight is 280 g/mol. The Morgan fingerprint density at radius 1 is 1.16 bits per heavy atom. The zero-order valence-corrected chi connectivity index (χ0v) is 12.9. The van der Waals surface area contributed by atoms with Crippen LogP contribution in [0.15, 0.2) is 11.0 Å². The second-order valence-electron chi connectivity index (χ2n) is 4.82. The molecule has 0 radical (unpaired) electrons. The molecule has 4 nitrogen and oxygen atoms in total. The molecule has 1 aromatic rings. The lowest BCUT2D eigenvalue weighted by Gasteiger charge is -2.21. The van der Waals surface area contributed by atoms with Gasteiger partial charge in [-0.1, -0.05) is 6.07 Å². The first-order valence-corrected chi connectivity index (χ1v) is 7.58. The average Bonchev–Trinajstić information content (AvgIpc) is 2.33. The lowest BCUT2D eigenvalue weighted by molar-refractivity contribution is 0.475. The maximum Gasteiger partial charge on any atom is 0.243 e. The van der Waals surface area contributed by atoms with Gasteiger partial charge in [0.05, 0.1) is 11.0 Å². The summed E-state index contributed by atoms with van der Waals surface area (Å²) in [5.74, 6) is 0. The second-order valence-corrected chi connectivity index (χ2v) is 6.81. The van der Waals surface area contributed by atoms with E-state index in [1.54, 1.807) is 0 Å². The number of hydrogen-bond donors (Lipinski definition) is 0. The van der Waals surface area contributed by atoms with Crippen LogP contribution in [0.25, 0.3) is 0 Å². The Morgan fingerprint density at radius 3 is 2.05 bits per heavy atom. The van der Waals surface area contributed by atoms with Gasteiger partial charge >= 0.3 is 0 Å². The first kappa shape index (κ1) is 15.7. The predicted octanol–water partition coefficient (Wildman–Crippen LogP) is 2.45. The molecule has 1 aromatic carbocycles. The van der Waals surface area contributed by atoms with Gasteiger partial charge in [-0.2, -0.15) is 9.57 Å². The van der Waals surface area contributed by atoms with Gasteiger partial charge < -0.3 is 0 Å². The predicted molar refractivity (Wildman–Crippen MR) is 75.4 cm³/mol. The maximum absolute atomic E-state index is 12.6. The Hall–Kier alpha value is -1.38. The van der Waals surface area contributed by atoms with Crippen LogP contribution in [0.2, 0.25) is 0 Å². The van der Waals surface area contributed by atoms with Crippen LogP contribution in [0.5, 0.6) is 0 Å². The van der Waals surface area contributed by atoms with E-state index >= 15 is 0 Å². The van der Waals surface area contributed by atoms with Crippen molar-refractivity contribution in [2.24, 2.45) is 0 Å². The third-order valence-corrected chi connectivity index (χ3v) is 5.64. The molecule has 0 aliphatic heterocycles. The van der Waals surface area contributed by atoms with E-state index in [1.807, 2.05) is 39.8 Å². The highest BCUT2D eigenvalue weighted by Gasteiger charge is 2.26.